The predicted molar refractivity (Wildman–Crippen MR) is 141 cm³/mol. The van der Waals surface area contributed by atoms with Gasteiger partial charge in [0.05, 0.1) is 0 Å². The zero-order valence-electron chi connectivity index (χ0n) is 20.5. The topological polar surface area (TPSA) is 97.9 Å². The van der Waals surface area contributed by atoms with Crippen LogP contribution in [-0.4, -0.2) is 42.1 Å². The van der Waals surface area contributed by atoms with Crippen molar-refractivity contribution in [1.29, 1.82) is 0 Å². The average molecular weight is 475 g/mol. The van der Waals surface area contributed by atoms with Gasteiger partial charge in [-0.15, -0.1) is 0 Å². The average Bonchev–Trinajstić information content (AvgIpc) is 3.18. The lowest BCUT2D eigenvalue weighted by Crippen LogP contribution is -2.31. The van der Waals surface area contributed by atoms with Gasteiger partial charge in [-0.05, 0) is 63.0 Å². The molecule has 2 aromatic rings. The number of ether oxygens (including phenoxy) is 2. The van der Waals surface area contributed by atoms with E-state index in [1.54, 1.807) is 6.08 Å². The van der Waals surface area contributed by atoms with E-state index in [-0.39, 0.29) is 0 Å². The Balaban J connectivity index is 1.52. The van der Waals surface area contributed by atoms with Crippen LogP contribution >= 0.6 is 0 Å². The van der Waals surface area contributed by atoms with E-state index in [9.17, 15) is 0 Å². The number of nitrogens with one attached hydrogen (secondary N) is 1. The molecule has 0 amide bonds. The third kappa shape index (κ3) is 6.08. The summed E-state index contributed by atoms with van der Waals surface area (Å²) < 4.78 is 11.7. The maximum atomic E-state index is 6.60. The minimum absolute atomic E-state index is 0.291. The molecule has 1 atom stereocenters. The standard InChI is InChI=1S/C27H34N6O2/c1-4-6-13-21(5-2)34-16-17-35-27-31-23-22(28)25(29-20-12-10-11-19(3)18-20)30-24(23)26(32-27)33-14-8-7-9-15-33/h4-6,10-13,18,22H,1,7-9,14-17,28H2,2-3H3,(H,29,30)/b13-6-,21-5+. The first-order chi connectivity index (χ1) is 17.1. The summed E-state index contributed by atoms with van der Waals surface area (Å²) in [5.74, 6) is 2.19. The molecule has 0 saturated carbocycles. The molecule has 1 unspecified atom stereocenters. The first-order valence-corrected chi connectivity index (χ1v) is 12.1. The van der Waals surface area contributed by atoms with E-state index in [1.807, 2.05) is 37.3 Å². The van der Waals surface area contributed by atoms with Crippen molar-refractivity contribution in [3.8, 4) is 6.01 Å². The predicted octanol–water partition coefficient (Wildman–Crippen LogP) is 4.97. The zero-order chi connectivity index (χ0) is 24.6. The molecule has 184 valence electrons. The Morgan fingerprint density at radius 1 is 1.23 bits per heavy atom. The Morgan fingerprint density at radius 2 is 2.06 bits per heavy atom. The Hall–Kier alpha value is -3.65. The zero-order valence-corrected chi connectivity index (χ0v) is 20.5. The minimum Gasteiger partial charge on any atom is -0.490 e. The molecule has 3 heterocycles. The van der Waals surface area contributed by atoms with E-state index < -0.39 is 6.04 Å². The SMILES string of the molecule is C=C/C=C\C(=C/C)OCCOc1nc2c(c(N3CCCCC3)n1)N=C(Nc1cccc(C)c1)C2N. The van der Waals surface area contributed by atoms with Crippen molar-refractivity contribution in [2.45, 2.75) is 39.2 Å². The molecule has 1 saturated heterocycles. The number of hydrogen-bond acceptors (Lipinski definition) is 8. The van der Waals surface area contributed by atoms with Gasteiger partial charge >= 0.3 is 6.01 Å². The highest BCUT2D eigenvalue weighted by molar-refractivity contribution is 6.05. The highest BCUT2D eigenvalue weighted by Crippen LogP contribution is 2.40. The fourth-order valence-electron chi connectivity index (χ4n) is 4.13. The first kappa shape index (κ1) is 24.5. The van der Waals surface area contributed by atoms with Crippen molar-refractivity contribution >= 4 is 23.0 Å². The Morgan fingerprint density at radius 3 is 2.80 bits per heavy atom. The van der Waals surface area contributed by atoms with Crippen LogP contribution in [0.2, 0.25) is 0 Å². The van der Waals surface area contributed by atoms with Crippen molar-refractivity contribution in [2.24, 2.45) is 10.7 Å². The largest absolute Gasteiger partial charge is 0.490 e. The highest BCUT2D eigenvalue weighted by atomic mass is 16.5. The summed E-state index contributed by atoms with van der Waals surface area (Å²) in [6, 6.07) is 7.92. The fourth-order valence-corrected chi connectivity index (χ4v) is 4.13. The quantitative estimate of drug-likeness (QED) is 0.301. The van der Waals surface area contributed by atoms with E-state index in [0.717, 1.165) is 54.4 Å². The first-order valence-electron chi connectivity index (χ1n) is 12.1. The second-order valence-corrected chi connectivity index (χ2v) is 8.56. The molecule has 0 bridgehead atoms. The number of aromatic nitrogens is 2. The fraction of sp³-hybridized carbons (Fsp3) is 0.370. The number of piperidine rings is 1. The second kappa shape index (κ2) is 11.7. The Bertz CT molecular complexity index is 1130. The molecule has 35 heavy (non-hydrogen) atoms. The molecule has 0 radical (unpaired) electrons. The van der Waals surface area contributed by atoms with Crippen molar-refractivity contribution < 1.29 is 9.47 Å². The number of nitrogens with two attached hydrogens (primary N) is 1. The van der Waals surface area contributed by atoms with Crippen LogP contribution in [0.4, 0.5) is 17.2 Å². The molecule has 1 aromatic heterocycles. The molecule has 1 fully saturated rings. The van der Waals surface area contributed by atoms with Crippen LogP contribution in [0.15, 0.2) is 65.9 Å². The van der Waals surface area contributed by atoms with Crippen molar-refractivity contribution in [1.82, 2.24) is 9.97 Å². The Labute approximate surface area is 207 Å². The van der Waals surface area contributed by atoms with Gasteiger partial charge in [-0.2, -0.15) is 9.97 Å². The number of amidine groups is 1. The van der Waals surface area contributed by atoms with Crippen molar-refractivity contribution in [3.05, 3.63) is 72.2 Å². The summed E-state index contributed by atoms with van der Waals surface area (Å²) in [5.41, 5.74) is 10.1. The number of nitrogens with zero attached hydrogens (tertiary/aromatic N) is 4. The third-order valence-corrected chi connectivity index (χ3v) is 5.90. The van der Waals surface area contributed by atoms with Crippen molar-refractivity contribution in [2.75, 3.05) is 36.5 Å². The van der Waals surface area contributed by atoms with Crippen LogP contribution in [0.25, 0.3) is 0 Å². The number of fused-ring (bicyclic) bond motifs is 1. The van der Waals surface area contributed by atoms with E-state index >= 15 is 0 Å². The molecule has 0 aliphatic carbocycles. The molecule has 4 rings (SSSR count). The molecular weight excluding hydrogens is 440 g/mol. The van der Waals surface area contributed by atoms with Gasteiger partial charge in [-0.25, -0.2) is 4.99 Å². The smallest absolute Gasteiger partial charge is 0.318 e. The van der Waals surface area contributed by atoms with Crippen LogP contribution in [0.5, 0.6) is 6.01 Å². The van der Waals surface area contributed by atoms with Crippen LogP contribution in [-0.2, 0) is 4.74 Å². The summed E-state index contributed by atoms with van der Waals surface area (Å²) in [7, 11) is 0. The Kier molecular flexibility index (Phi) is 8.15. The van der Waals surface area contributed by atoms with Gasteiger partial charge in [0, 0.05) is 18.8 Å². The molecule has 8 heteroatoms. The summed E-state index contributed by atoms with van der Waals surface area (Å²) in [4.78, 5) is 16.5. The lowest BCUT2D eigenvalue weighted by Gasteiger charge is -2.28. The van der Waals surface area contributed by atoms with E-state index in [0.29, 0.717) is 30.8 Å². The van der Waals surface area contributed by atoms with Crippen LogP contribution in [0.3, 0.4) is 0 Å². The maximum Gasteiger partial charge on any atom is 0.318 e. The number of benzene rings is 1. The molecule has 3 N–H and O–H groups in total. The number of allylic oxidation sites excluding steroid dienone is 4. The van der Waals surface area contributed by atoms with Gasteiger partial charge in [-0.1, -0.05) is 30.9 Å². The molecule has 0 spiro atoms. The molecule has 8 nitrogen and oxygen atoms in total. The lowest BCUT2D eigenvalue weighted by atomic mass is 10.1. The summed E-state index contributed by atoms with van der Waals surface area (Å²) in [6.07, 6.45) is 10.7. The number of aliphatic imine (C=N–C) groups is 1. The summed E-state index contributed by atoms with van der Waals surface area (Å²) in [6.45, 7) is 10.2. The van der Waals surface area contributed by atoms with Gasteiger partial charge < -0.3 is 25.4 Å². The van der Waals surface area contributed by atoms with E-state index in [1.165, 1.54) is 6.42 Å². The molecule has 2 aliphatic heterocycles. The number of anilines is 2. The van der Waals surface area contributed by atoms with E-state index in [4.69, 9.17) is 25.2 Å². The van der Waals surface area contributed by atoms with Gasteiger partial charge in [0.1, 0.15) is 42.2 Å². The lowest BCUT2D eigenvalue weighted by molar-refractivity contribution is 0.157. The van der Waals surface area contributed by atoms with Gasteiger partial charge in [-0.3, -0.25) is 0 Å². The van der Waals surface area contributed by atoms with E-state index in [2.05, 4.69) is 40.8 Å². The normalized spacial score (nSPS) is 17.8. The number of hydrogen-bond donors (Lipinski definition) is 2. The third-order valence-electron chi connectivity index (χ3n) is 5.90. The molecular formula is C27H34N6O2. The van der Waals surface area contributed by atoms with Gasteiger partial charge in [0.25, 0.3) is 0 Å². The summed E-state index contributed by atoms with van der Waals surface area (Å²) in [5, 5.41) is 3.37. The number of aryl methyl sites for hydroxylation is 1. The monoisotopic (exact) mass is 474 g/mol. The molecule has 1 aromatic carbocycles. The van der Waals surface area contributed by atoms with Crippen LogP contribution in [0, 0.1) is 6.92 Å². The minimum atomic E-state index is -0.491. The second-order valence-electron chi connectivity index (χ2n) is 8.56. The molecule has 2 aliphatic rings. The van der Waals surface area contributed by atoms with Crippen LogP contribution < -0.4 is 20.7 Å². The van der Waals surface area contributed by atoms with Crippen molar-refractivity contribution in [3.63, 3.8) is 0 Å². The highest BCUT2D eigenvalue weighted by Gasteiger charge is 2.32. The number of rotatable bonds is 9. The van der Waals surface area contributed by atoms with Crippen LogP contribution in [0.1, 0.15) is 43.5 Å². The summed E-state index contributed by atoms with van der Waals surface area (Å²) >= 11 is 0. The van der Waals surface area contributed by atoms with Gasteiger partial charge in [0.15, 0.2) is 5.82 Å². The maximum absolute atomic E-state index is 6.60. The van der Waals surface area contributed by atoms with Gasteiger partial charge in [0.2, 0.25) is 0 Å².